The minimum Gasteiger partial charge on any atom is -0.506 e. The van der Waals surface area contributed by atoms with Crippen LogP contribution in [-0.2, 0) is 13.5 Å². The van der Waals surface area contributed by atoms with Crippen LogP contribution in [0.5, 0.6) is 5.75 Å². The number of phenols is 1. The molecule has 28 heavy (non-hydrogen) atoms. The highest BCUT2D eigenvalue weighted by atomic mass is 16.3. The molecule has 1 aliphatic rings. The van der Waals surface area contributed by atoms with Crippen molar-refractivity contribution < 1.29 is 5.11 Å². The minimum absolute atomic E-state index is 0.346. The standard InChI is InChI=1S/C21H32N6O/c1-5-22-21(23-11-10-18-16(2)24-25(4)17(18)3)27-14-12-26(13-15-27)19-8-6-7-9-20(19)28/h6-9,28H,5,10-15H2,1-4H3,(H,22,23). The van der Waals surface area contributed by atoms with Crippen LogP contribution in [0.1, 0.15) is 23.9 Å². The van der Waals surface area contributed by atoms with Crippen molar-refractivity contribution in [2.24, 2.45) is 12.0 Å². The summed E-state index contributed by atoms with van der Waals surface area (Å²) in [4.78, 5) is 9.41. The molecule has 1 fully saturated rings. The highest BCUT2D eigenvalue weighted by Gasteiger charge is 2.21. The number of hydrogen-bond donors (Lipinski definition) is 2. The summed E-state index contributed by atoms with van der Waals surface area (Å²) in [6.07, 6.45) is 0.901. The Kier molecular flexibility index (Phi) is 6.44. The second kappa shape index (κ2) is 8.99. The summed E-state index contributed by atoms with van der Waals surface area (Å²) >= 11 is 0. The molecule has 0 radical (unpaired) electrons. The van der Waals surface area contributed by atoms with Gasteiger partial charge in [-0.3, -0.25) is 9.67 Å². The van der Waals surface area contributed by atoms with E-state index in [1.165, 1.54) is 11.3 Å². The third kappa shape index (κ3) is 4.40. The van der Waals surface area contributed by atoms with E-state index < -0.39 is 0 Å². The summed E-state index contributed by atoms with van der Waals surface area (Å²) in [7, 11) is 1.99. The third-order valence-electron chi connectivity index (χ3n) is 5.42. The first-order valence-corrected chi connectivity index (χ1v) is 10.1. The average Bonchev–Trinajstić information content (AvgIpc) is 2.94. The number of benzene rings is 1. The number of rotatable bonds is 5. The summed E-state index contributed by atoms with van der Waals surface area (Å²) in [6, 6.07) is 7.55. The number of aromatic hydroxyl groups is 1. The number of aryl methyl sites for hydroxylation is 2. The monoisotopic (exact) mass is 384 g/mol. The van der Waals surface area contributed by atoms with Gasteiger partial charge < -0.3 is 20.2 Å². The molecule has 1 saturated heterocycles. The van der Waals surface area contributed by atoms with Gasteiger partial charge in [0.1, 0.15) is 5.75 Å². The Bertz CT molecular complexity index is 820. The first-order valence-electron chi connectivity index (χ1n) is 10.1. The third-order valence-corrected chi connectivity index (χ3v) is 5.42. The van der Waals surface area contributed by atoms with Crippen LogP contribution in [0.4, 0.5) is 5.69 Å². The maximum absolute atomic E-state index is 10.1. The predicted molar refractivity (Wildman–Crippen MR) is 114 cm³/mol. The molecule has 7 nitrogen and oxygen atoms in total. The summed E-state index contributed by atoms with van der Waals surface area (Å²) in [5.74, 6) is 1.32. The molecule has 1 aromatic carbocycles. The van der Waals surface area contributed by atoms with Gasteiger partial charge in [-0.1, -0.05) is 12.1 Å². The van der Waals surface area contributed by atoms with E-state index in [4.69, 9.17) is 4.99 Å². The van der Waals surface area contributed by atoms with Crippen molar-refractivity contribution in [3.8, 4) is 5.75 Å². The van der Waals surface area contributed by atoms with Gasteiger partial charge in [-0.15, -0.1) is 0 Å². The molecular weight excluding hydrogens is 352 g/mol. The maximum atomic E-state index is 10.1. The normalized spacial score (nSPS) is 15.2. The van der Waals surface area contributed by atoms with Gasteiger partial charge in [-0.2, -0.15) is 5.10 Å². The Hall–Kier alpha value is -2.70. The maximum Gasteiger partial charge on any atom is 0.194 e. The zero-order valence-corrected chi connectivity index (χ0v) is 17.4. The summed E-state index contributed by atoms with van der Waals surface area (Å²) in [5.41, 5.74) is 4.52. The average molecular weight is 385 g/mol. The van der Waals surface area contributed by atoms with Gasteiger partial charge in [-0.25, -0.2) is 0 Å². The lowest BCUT2D eigenvalue weighted by Crippen LogP contribution is -2.52. The minimum atomic E-state index is 0.346. The van der Waals surface area contributed by atoms with Crippen molar-refractivity contribution in [3.63, 3.8) is 0 Å². The quantitative estimate of drug-likeness (QED) is 0.610. The van der Waals surface area contributed by atoms with Crippen LogP contribution in [-0.4, -0.2) is 65.0 Å². The summed E-state index contributed by atoms with van der Waals surface area (Å²) in [6.45, 7) is 11.4. The fraction of sp³-hybridized carbons (Fsp3) is 0.524. The predicted octanol–water partition coefficient (Wildman–Crippen LogP) is 2.07. The number of hydrogen-bond acceptors (Lipinski definition) is 4. The molecule has 0 spiro atoms. The van der Waals surface area contributed by atoms with Gasteiger partial charge in [0, 0.05) is 52.0 Å². The van der Waals surface area contributed by atoms with E-state index in [1.54, 1.807) is 6.07 Å². The molecule has 3 rings (SSSR count). The topological polar surface area (TPSA) is 68.9 Å². The second-order valence-corrected chi connectivity index (χ2v) is 7.22. The van der Waals surface area contributed by atoms with E-state index in [9.17, 15) is 5.11 Å². The van der Waals surface area contributed by atoms with Gasteiger partial charge in [0.25, 0.3) is 0 Å². The van der Waals surface area contributed by atoms with Gasteiger partial charge >= 0.3 is 0 Å². The molecule has 0 unspecified atom stereocenters. The molecule has 2 heterocycles. The van der Waals surface area contributed by atoms with Crippen LogP contribution in [0.2, 0.25) is 0 Å². The molecule has 0 amide bonds. The van der Waals surface area contributed by atoms with Crippen LogP contribution >= 0.6 is 0 Å². The van der Waals surface area contributed by atoms with Gasteiger partial charge in [0.15, 0.2) is 5.96 Å². The van der Waals surface area contributed by atoms with Crippen LogP contribution in [0.3, 0.4) is 0 Å². The van der Waals surface area contributed by atoms with E-state index in [-0.39, 0.29) is 0 Å². The Morgan fingerprint density at radius 2 is 1.89 bits per heavy atom. The Morgan fingerprint density at radius 3 is 2.50 bits per heavy atom. The summed E-state index contributed by atoms with van der Waals surface area (Å²) in [5, 5.41) is 18.0. The second-order valence-electron chi connectivity index (χ2n) is 7.22. The van der Waals surface area contributed by atoms with Crippen molar-refractivity contribution in [1.82, 2.24) is 20.0 Å². The number of piperazine rings is 1. The number of aromatic nitrogens is 2. The van der Waals surface area contributed by atoms with Crippen molar-refractivity contribution >= 4 is 11.6 Å². The first kappa shape index (κ1) is 20.0. The fourth-order valence-corrected chi connectivity index (χ4v) is 3.77. The molecule has 7 heteroatoms. The lowest BCUT2D eigenvalue weighted by Gasteiger charge is -2.37. The largest absolute Gasteiger partial charge is 0.506 e. The number of guanidine groups is 1. The van der Waals surface area contributed by atoms with E-state index in [1.807, 2.05) is 29.9 Å². The zero-order chi connectivity index (χ0) is 20.1. The first-order chi connectivity index (χ1) is 13.5. The van der Waals surface area contributed by atoms with Gasteiger partial charge in [0.2, 0.25) is 0 Å². The van der Waals surface area contributed by atoms with Gasteiger partial charge in [-0.05, 0) is 44.9 Å². The van der Waals surface area contributed by atoms with Crippen molar-refractivity contribution in [3.05, 3.63) is 41.2 Å². The number of para-hydroxylation sites is 2. The van der Waals surface area contributed by atoms with Crippen LogP contribution in [0.15, 0.2) is 29.3 Å². The Labute approximate surface area is 167 Å². The number of nitrogens with zero attached hydrogens (tertiary/aromatic N) is 5. The number of anilines is 1. The molecule has 1 aromatic heterocycles. The molecule has 0 atom stereocenters. The Balaban J connectivity index is 1.61. The molecule has 2 aromatic rings. The van der Waals surface area contributed by atoms with Crippen molar-refractivity contribution in [2.75, 3.05) is 44.2 Å². The molecule has 0 saturated carbocycles. The molecular formula is C21H32N6O. The molecule has 1 aliphatic heterocycles. The smallest absolute Gasteiger partial charge is 0.194 e. The lowest BCUT2D eigenvalue weighted by atomic mass is 10.1. The van der Waals surface area contributed by atoms with Crippen LogP contribution in [0.25, 0.3) is 0 Å². The van der Waals surface area contributed by atoms with Crippen molar-refractivity contribution in [1.29, 1.82) is 0 Å². The molecule has 0 aliphatic carbocycles. The number of aliphatic imine (C=N–C) groups is 1. The Morgan fingerprint density at radius 1 is 1.18 bits per heavy atom. The summed E-state index contributed by atoms with van der Waals surface area (Å²) < 4.78 is 1.94. The molecule has 0 bridgehead atoms. The highest BCUT2D eigenvalue weighted by Crippen LogP contribution is 2.27. The van der Waals surface area contributed by atoms with Crippen LogP contribution in [0, 0.1) is 13.8 Å². The fourth-order valence-electron chi connectivity index (χ4n) is 3.77. The zero-order valence-electron chi connectivity index (χ0n) is 17.4. The number of nitrogens with one attached hydrogen (secondary N) is 1. The van der Waals surface area contributed by atoms with Crippen molar-refractivity contribution in [2.45, 2.75) is 27.2 Å². The highest BCUT2D eigenvalue weighted by molar-refractivity contribution is 5.80. The number of phenolic OH excluding ortho intramolecular Hbond substituents is 1. The molecule has 152 valence electrons. The van der Waals surface area contributed by atoms with Crippen LogP contribution < -0.4 is 10.2 Å². The van der Waals surface area contributed by atoms with E-state index in [2.05, 4.69) is 41.0 Å². The molecule has 2 N–H and O–H groups in total. The SMILES string of the molecule is CCNC(=NCCc1c(C)nn(C)c1C)N1CCN(c2ccccc2O)CC1. The van der Waals surface area contributed by atoms with E-state index in [0.717, 1.165) is 63.0 Å². The van der Waals surface area contributed by atoms with E-state index >= 15 is 0 Å². The lowest BCUT2D eigenvalue weighted by molar-refractivity contribution is 0.370. The van der Waals surface area contributed by atoms with E-state index in [0.29, 0.717) is 5.75 Å². The van der Waals surface area contributed by atoms with Gasteiger partial charge in [0.05, 0.1) is 11.4 Å².